The molecule has 41 heavy (non-hydrogen) atoms. The molecule has 5 rings (SSSR count). The Morgan fingerprint density at radius 3 is 2.07 bits per heavy atom. The number of aryl methyl sites for hydroxylation is 2. The Kier molecular flexibility index (Phi) is 9.08. The molecule has 0 aliphatic carbocycles. The maximum absolute atomic E-state index is 14.9. The molecule has 2 aromatic carbocycles. The highest BCUT2D eigenvalue weighted by Crippen LogP contribution is 2.83. The van der Waals surface area contributed by atoms with Crippen molar-refractivity contribution >= 4 is 33.0 Å². The number of nitrogens with zero attached hydrogens (tertiary/aromatic N) is 1. The highest BCUT2D eigenvalue weighted by molar-refractivity contribution is 7.79. The van der Waals surface area contributed by atoms with Crippen LogP contribution >= 0.6 is 27.2 Å². The van der Waals surface area contributed by atoms with Crippen molar-refractivity contribution in [1.82, 2.24) is 4.98 Å². The lowest BCUT2D eigenvalue weighted by Gasteiger charge is -2.23. The fourth-order valence-corrected chi connectivity index (χ4v) is 12.1. The zero-order valence-electron chi connectivity index (χ0n) is 23.7. The molecular weight excluding hydrogens is 587 g/mol. The Morgan fingerprint density at radius 2 is 1.51 bits per heavy atom. The maximum atomic E-state index is 14.9. The number of benzene rings is 2. The van der Waals surface area contributed by atoms with Gasteiger partial charge < -0.3 is 0 Å². The summed E-state index contributed by atoms with van der Waals surface area (Å²) < 4.78 is 38.5. The van der Waals surface area contributed by atoms with Crippen molar-refractivity contribution in [1.29, 1.82) is 0 Å². The predicted octanol–water partition coefficient (Wildman–Crippen LogP) is 7.10. The lowest BCUT2D eigenvalue weighted by atomic mass is 10.0. The van der Waals surface area contributed by atoms with Gasteiger partial charge >= 0.3 is 21.3 Å². The summed E-state index contributed by atoms with van der Waals surface area (Å²) in [7, 11) is -7.29. The first-order chi connectivity index (χ1) is 19.4. The quantitative estimate of drug-likeness (QED) is 0.192. The number of hydrogen-bond acceptors (Lipinski definition) is 9. The Balaban J connectivity index is 1.35. The van der Waals surface area contributed by atoms with Crippen LogP contribution in [0.25, 0.3) is 10.6 Å². The Labute approximate surface area is 245 Å². The Morgan fingerprint density at radius 1 is 0.951 bits per heavy atom. The number of rotatable bonds is 9. The first-order valence-corrected chi connectivity index (χ1v) is 17.8. The van der Waals surface area contributed by atoms with Gasteiger partial charge in [-0.25, -0.2) is 9.37 Å². The molecule has 0 amide bonds. The van der Waals surface area contributed by atoms with Crippen molar-refractivity contribution in [3.63, 3.8) is 0 Å². The Bertz CT molecular complexity index is 1360. The fraction of sp³-hybridized carbons (Fsp3) is 0.448. The van der Waals surface area contributed by atoms with Gasteiger partial charge in [0.15, 0.2) is 5.78 Å². The van der Waals surface area contributed by atoms with Crippen LogP contribution < -0.4 is 0 Å². The minimum Gasteiger partial charge on any atom is -0.294 e. The van der Waals surface area contributed by atoms with E-state index in [1.54, 1.807) is 39.0 Å². The van der Waals surface area contributed by atoms with Crippen LogP contribution in [-0.4, -0.2) is 50.4 Å². The zero-order chi connectivity index (χ0) is 29.5. The smallest absolute Gasteiger partial charge is 0.294 e. The molecule has 0 spiro atoms. The maximum Gasteiger partial charge on any atom is 0.461 e. The van der Waals surface area contributed by atoms with Crippen molar-refractivity contribution in [3.05, 3.63) is 76.0 Å². The molecule has 12 heteroatoms. The lowest BCUT2D eigenvalue weighted by molar-refractivity contribution is 0.0978. The molecule has 3 heterocycles. The minimum absolute atomic E-state index is 0.0135. The summed E-state index contributed by atoms with van der Waals surface area (Å²) in [4.78, 5) is 42.0. The topological polar surface area (TPSA) is 107 Å². The second kappa shape index (κ2) is 12.1. The van der Waals surface area contributed by atoms with Crippen LogP contribution in [0, 0.1) is 12.7 Å². The van der Waals surface area contributed by atoms with E-state index in [9.17, 15) is 19.0 Å². The summed E-state index contributed by atoms with van der Waals surface area (Å²) in [5.74, 6) is -0.994. The highest BCUT2D eigenvalue weighted by atomic mass is 32.1. The van der Waals surface area contributed by atoms with Crippen LogP contribution in [0.3, 0.4) is 0 Å². The van der Waals surface area contributed by atoms with Gasteiger partial charge in [0.05, 0.1) is 17.7 Å². The molecule has 4 atom stereocenters. The summed E-state index contributed by atoms with van der Waals surface area (Å²) in [6.45, 7) is 9.10. The first-order valence-electron chi connectivity index (χ1n) is 13.7. The van der Waals surface area contributed by atoms with E-state index in [0.717, 1.165) is 21.1 Å². The van der Waals surface area contributed by atoms with Crippen molar-refractivity contribution in [2.75, 3.05) is 0 Å². The molecule has 2 saturated heterocycles. The predicted molar refractivity (Wildman–Crippen MR) is 159 cm³/mol. The normalized spacial score (nSPS) is 30.5. The average molecular weight is 624 g/mol. The van der Waals surface area contributed by atoms with Gasteiger partial charge in [0, 0.05) is 16.9 Å². The van der Waals surface area contributed by atoms with E-state index in [1.165, 1.54) is 18.2 Å². The van der Waals surface area contributed by atoms with Gasteiger partial charge in [0.25, 0.3) is 0 Å². The molecule has 2 fully saturated rings. The number of ketones is 1. The van der Waals surface area contributed by atoms with E-state index < -0.39 is 51.5 Å². The lowest BCUT2D eigenvalue weighted by Crippen LogP contribution is -2.23. The molecule has 8 nitrogen and oxygen atoms in total. The van der Waals surface area contributed by atoms with Crippen LogP contribution in [0.5, 0.6) is 0 Å². The van der Waals surface area contributed by atoms with E-state index in [0.29, 0.717) is 12.0 Å². The van der Waals surface area contributed by atoms with E-state index in [4.69, 9.17) is 23.1 Å². The molecule has 0 bridgehead atoms. The number of carbonyl (C=O) groups is 1. The summed E-state index contributed by atoms with van der Waals surface area (Å²) in [5.41, 5.74) is 2.29. The largest absolute Gasteiger partial charge is 0.461 e. The molecule has 3 aromatic rings. The SMILES string of the molecule is Cc1sc(-c2ccccc2)nc1CCC(=O)c1cc(CC([P+]2(O)OC(C)C(C)O2)[P+]2(O)OC(C)C(C)O2)ccc1F. The van der Waals surface area contributed by atoms with Gasteiger partial charge in [-0.1, -0.05) is 36.4 Å². The van der Waals surface area contributed by atoms with Gasteiger partial charge in [-0.15, -0.1) is 11.3 Å². The molecular formula is C29H36FNO7P2S+2. The monoisotopic (exact) mass is 623 g/mol. The van der Waals surface area contributed by atoms with Gasteiger partial charge in [-0.05, 0) is 58.7 Å². The standard InChI is InChI=1S/C29H36FNO7P2S/c1-17-18(2)36-39(33,35-17)28(40(34)37-19(3)20(4)38-40)16-22-11-12-25(30)24(15-22)27(32)14-13-26-21(5)41-29(31-26)23-9-7-6-8-10-23/h6-12,15,17-20,28,33-34H,13-14,16H2,1-5H3/q+2. The number of thiazole rings is 1. The molecule has 220 valence electrons. The highest BCUT2D eigenvalue weighted by Gasteiger charge is 2.76. The second-order valence-corrected chi connectivity index (χ2v) is 16.6. The molecule has 0 radical (unpaired) electrons. The van der Waals surface area contributed by atoms with E-state index in [-0.39, 0.29) is 24.2 Å². The van der Waals surface area contributed by atoms with Crippen molar-refractivity contribution < 1.29 is 37.1 Å². The van der Waals surface area contributed by atoms with Crippen LogP contribution in [0.1, 0.15) is 60.6 Å². The van der Waals surface area contributed by atoms with Gasteiger partial charge in [0.2, 0.25) is 0 Å². The van der Waals surface area contributed by atoms with Gasteiger partial charge in [-0.2, -0.15) is 27.9 Å². The fourth-order valence-electron chi connectivity index (χ4n) is 4.90. The third kappa shape index (κ3) is 6.47. The summed E-state index contributed by atoms with van der Waals surface area (Å²) in [5, 5.41) is -0.162. The van der Waals surface area contributed by atoms with Crippen molar-refractivity contribution in [3.8, 4) is 10.6 Å². The van der Waals surface area contributed by atoms with E-state index in [1.807, 2.05) is 37.3 Å². The summed E-state index contributed by atoms with van der Waals surface area (Å²) in [6.07, 6.45) is -1.13. The van der Waals surface area contributed by atoms with E-state index in [2.05, 4.69) is 0 Å². The van der Waals surface area contributed by atoms with Crippen LogP contribution in [0.2, 0.25) is 0 Å². The van der Waals surface area contributed by atoms with Crippen LogP contribution in [0.15, 0.2) is 48.5 Å². The zero-order valence-corrected chi connectivity index (χ0v) is 26.3. The van der Waals surface area contributed by atoms with Crippen molar-refractivity contribution in [2.45, 2.75) is 83.7 Å². The molecule has 2 N–H and O–H groups in total. The van der Waals surface area contributed by atoms with Crippen LogP contribution in [0.4, 0.5) is 4.39 Å². The number of carbonyl (C=O) groups excluding carboxylic acids is 1. The van der Waals surface area contributed by atoms with E-state index >= 15 is 0 Å². The third-order valence-electron chi connectivity index (χ3n) is 7.60. The first kappa shape index (κ1) is 30.7. The molecule has 1 aromatic heterocycles. The number of aromatic nitrogens is 1. The van der Waals surface area contributed by atoms with Crippen molar-refractivity contribution in [2.24, 2.45) is 0 Å². The van der Waals surface area contributed by atoms with Crippen LogP contribution in [-0.2, 0) is 30.9 Å². The number of Topliss-reactive ketones (excluding diaryl/α,β-unsaturated/α-hetero) is 1. The Hall–Kier alpha value is -1.71. The summed E-state index contributed by atoms with van der Waals surface area (Å²) >= 11 is 1.57. The minimum atomic E-state index is -3.64. The van der Waals surface area contributed by atoms with Gasteiger partial charge in [-0.3, -0.25) is 4.79 Å². The van der Waals surface area contributed by atoms with Gasteiger partial charge in [0.1, 0.15) is 35.2 Å². The molecule has 0 saturated carbocycles. The average Bonchev–Trinajstić information content (AvgIpc) is 3.53. The summed E-state index contributed by atoms with van der Waals surface area (Å²) in [6, 6.07) is 14.1. The molecule has 4 unspecified atom stereocenters. The molecule has 2 aliphatic heterocycles. The number of hydrogen-bond donors (Lipinski definition) is 2. The molecule has 2 aliphatic rings. The third-order valence-corrected chi connectivity index (χ3v) is 14.8. The number of halogens is 1. The second-order valence-electron chi connectivity index (χ2n) is 10.7.